The summed E-state index contributed by atoms with van der Waals surface area (Å²) in [7, 11) is 0. The molecule has 2 aromatic carbocycles. The molecule has 1 saturated heterocycles. The van der Waals surface area contributed by atoms with Crippen LogP contribution in [0.2, 0.25) is 5.02 Å². The van der Waals surface area contributed by atoms with Gasteiger partial charge < -0.3 is 24.4 Å². The predicted octanol–water partition coefficient (Wildman–Crippen LogP) is 1.80. The van der Waals surface area contributed by atoms with E-state index in [1.165, 1.54) is 16.7 Å². The van der Waals surface area contributed by atoms with Crippen molar-refractivity contribution in [2.24, 2.45) is 0 Å². The summed E-state index contributed by atoms with van der Waals surface area (Å²) in [4.78, 5) is 14.0. The van der Waals surface area contributed by atoms with Gasteiger partial charge in [0.2, 0.25) is 12.7 Å². The van der Waals surface area contributed by atoms with Crippen molar-refractivity contribution in [1.82, 2.24) is 14.8 Å². The third kappa shape index (κ3) is 5.25. The molecule has 0 spiro atoms. The van der Waals surface area contributed by atoms with E-state index >= 15 is 0 Å². The standard InChI is InChI=1S/C22H22ClN5O4S/c23-15-1-4-17(5-2-15)28-20(12-27-7-9-30-10-8-27)25-26-22(28)33-13-21(29)24-16-3-6-18-19(11-16)32-14-31-18/h1-6,11H,7-10,12-14H2,(H,24,29)/p+1. The van der Waals surface area contributed by atoms with E-state index in [0.717, 1.165) is 44.4 Å². The fourth-order valence-corrected chi connectivity index (χ4v) is 4.62. The van der Waals surface area contributed by atoms with E-state index in [4.69, 9.17) is 25.8 Å². The predicted molar refractivity (Wildman–Crippen MR) is 124 cm³/mol. The van der Waals surface area contributed by atoms with Crippen molar-refractivity contribution in [2.45, 2.75) is 11.7 Å². The maximum absolute atomic E-state index is 12.6. The maximum atomic E-state index is 12.6. The minimum atomic E-state index is -0.148. The van der Waals surface area contributed by atoms with E-state index in [-0.39, 0.29) is 18.5 Å². The molecule has 9 nitrogen and oxygen atoms in total. The Morgan fingerprint density at radius 1 is 1.09 bits per heavy atom. The largest absolute Gasteiger partial charge is 0.454 e. The number of carbonyl (C=O) groups excluding carboxylic acids is 1. The van der Waals surface area contributed by atoms with Gasteiger partial charge in [-0.1, -0.05) is 23.4 Å². The lowest BCUT2D eigenvalue weighted by molar-refractivity contribution is -0.922. The summed E-state index contributed by atoms with van der Waals surface area (Å²) < 4.78 is 18.1. The van der Waals surface area contributed by atoms with Crippen LogP contribution in [0.5, 0.6) is 11.5 Å². The van der Waals surface area contributed by atoms with Crippen LogP contribution < -0.4 is 19.7 Å². The Hall–Kier alpha value is -2.79. The Balaban J connectivity index is 1.30. The van der Waals surface area contributed by atoms with Gasteiger partial charge >= 0.3 is 0 Å². The molecule has 0 aliphatic carbocycles. The normalized spacial score (nSPS) is 15.5. The Morgan fingerprint density at radius 2 is 1.88 bits per heavy atom. The molecule has 0 unspecified atom stereocenters. The van der Waals surface area contributed by atoms with Gasteiger partial charge in [-0.2, -0.15) is 0 Å². The number of anilines is 1. The number of fused-ring (bicyclic) bond motifs is 1. The number of nitrogens with one attached hydrogen (secondary N) is 2. The molecule has 0 atom stereocenters. The summed E-state index contributed by atoms with van der Waals surface area (Å²) in [6.45, 7) is 4.25. The zero-order chi connectivity index (χ0) is 22.6. The molecule has 2 aliphatic heterocycles. The number of benzene rings is 2. The van der Waals surface area contributed by atoms with E-state index in [1.807, 2.05) is 28.8 Å². The molecule has 33 heavy (non-hydrogen) atoms. The van der Waals surface area contributed by atoms with Crippen LogP contribution in [0.25, 0.3) is 5.69 Å². The molecule has 1 amide bonds. The van der Waals surface area contributed by atoms with Crippen molar-refractivity contribution in [1.29, 1.82) is 0 Å². The van der Waals surface area contributed by atoms with Crippen LogP contribution in [0.3, 0.4) is 0 Å². The Labute approximate surface area is 200 Å². The smallest absolute Gasteiger partial charge is 0.234 e. The van der Waals surface area contributed by atoms with E-state index in [9.17, 15) is 4.79 Å². The average molecular weight is 489 g/mol. The van der Waals surface area contributed by atoms with Crippen LogP contribution in [-0.2, 0) is 16.1 Å². The molecule has 3 aromatic rings. The molecule has 2 aliphatic rings. The summed E-state index contributed by atoms with van der Waals surface area (Å²) >= 11 is 7.43. The highest BCUT2D eigenvalue weighted by Crippen LogP contribution is 2.34. The molecule has 172 valence electrons. The van der Waals surface area contributed by atoms with Gasteiger partial charge in [0, 0.05) is 22.5 Å². The van der Waals surface area contributed by atoms with Crippen molar-refractivity contribution in [3.8, 4) is 17.2 Å². The number of rotatable bonds is 7. The molecule has 5 rings (SSSR count). The monoisotopic (exact) mass is 488 g/mol. The van der Waals surface area contributed by atoms with Crippen molar-refractivity contribution in [2.75, 3.05) is 44.2 Å². The van der Waals surface area contributed by atoms with Crippen molar-refractivity contribution < 1.29 is 23.9 Å². The first-order valence-corrected chi connectivity index (χ1v) is 12.0. The van der Waals surface area contributed by atoms with Crippen molar-refractivity contribution in [3.63, 3.8) is 0 Å². The minimum Gasteiger partial charge on any atom is -0.454 e. The lowest BCUT2D eigenvalue weighted by Crippen LogP contribution is -3.12. The Kier molecular flexibility index (Phi) is 6.68. The number of thioether (sulfide) groups is 1. The molecule has 0 radical (unpaired) electrons. The zero-order valence-electron chi connectivity index (χ0n) is 17.8. The molecule has 0 saturated carbocycles. The van der Waals surface area contributed by atoms with Gasteiger partial charge in [-0.3, -0.25) is 9.36 Å². The Bertz CT molecular complexity index is 1130. The molecule has 1 aromatic heterocycles. The second kappa shape index (κ2) is 10.0. The minimum absolute atomic E-state index is 0.148. The van der Waals surface area contributed by atoms with Crippen LogP contribution >= 0.6 is 23.4 Å². The highest BCUT2D eigenvalue weighted by atomic mass is 35.5. The number of hydrogen-bond acceptors (Lipinski definition) is 7. The number of quaternary nitrogens is 1. The number of morpholine rings is 1. The van der Waals surface area contributed by atoms with E-state index in [0.29, 0.717) is 27.4 Å². The van der Waals surface area contributed by atoms with Gasteiger partial charge in [0.25, 0.3) is 0 Å². The third-order valence-corrected chi connectivity index (χ3v) is 6.56. The number of halogens is 1. The fraction of sp³-hybridized carbons (Fsp3) is 0.318. The van der Waals surface area contributed by atoms with Crippen molar-refractivity contribution in [3.05, 3.63) is 53.3 Å². The van der Waals surface area contributed by atoms with Gasteiger partial charge in [0.15, 0.2) is 22.5 Å². The Morgan fingerprint density at radius 3 is 2.70 bits per heavy atom. The second-order valence-corrected chi connectivity index (χ2v) is 9.03. The molecule has 3 heterocycles. The topological polar surface area (TPSA) is 91.9 Å². The number of hydrogen-bond donors (Lipinski definition) is 2. The van der Waals surface area contributed by atoms with E-state index in [1.54, 1.807) is 18.2 Å². The summed E-state index contributed by atoms with van der Waals surface area (Å²) in [6, 6.07) is 12.9. The number of nitrogens with zero attached hydrogens (tertiary/aromatic N) is 3. The summed E-state index contributed by atoms with van der Waals surface area (Å²) in [5, 5.41) is 13.0. The van der Waals surface area contributed by atoms with Gasteiger partial charge in [0.1, 0.15) is 19.6 Å². The fourth-order valence-electron chi connectivity index (χ4n) is 3.72. The average Bonchev–Trinajstić information content (AvgIpc) is 3.45. The molecule has 11 heteroatoms. The SMILES string of the molecule is O=C(CSc1nnc(C[NH+]2CCOCC2)n1-c1ccc(Cl)cc1)Nc1ccc2c(c1)OCO2. The quantitative estimate of drug-likeness (QED) is 0.490. The van der Waals surface area contributed by atoms with Gasteiger partial charge in [0.05, 0.1) is 19.0 Å². The number of carbonyl (C=O) groups is 1. The highest BCUT2D eigenvalue weighted by Gasteiger charge is 2.22. The highest BCUT2D eigenvalue weighted by molar-refractivity contribution is 7.99. The van der Waals surface area contributed by atoms with Gasteiger partial charge in [-0.25, -0.2) is 0 Å². The first-order chi connectivity index (χ1) is 16.2. The molecular formula is C22H23ClN5O4S+. The number of ether oxygens (including phenoxy) is 3. The van der Waals surface area contributed by atoms with Crippen molar-refractivity contribution >= 4 is 35.0 Å². The van der Waals surface area contributed by atoms with Gasteiger partial charge in [-0.15, -0.1) is 10.2 Å². The van der Waals surface area contributed by atoms with Crippen LogP contribution in [0.4, 0.5) is 5.69 Å². The summed E-state index contributed by atoms with van der Waals surface area (Å²) in [5.74, 6) is 2.18. The first-order valence-electron chi connectivity index (χ1n) is 10.6. The second-order valence-electron chi connectivity index (χ2n) is 7.65. The summed E-state index contributed by atoms with van der Waals surface area (Å²) in [6.07, 6.45) is 0. The molecule has 2 N–H and O–H groups in total. The maximum Gasteiger partial charge on any atom is 0.234 e. The third-order valence-electron chi connectivity index (χ3n) is 5.38. The lowest BCUT2D eigenvalue weighted by Gasteiger charge is -2.23. The van der Waals surface area contributed by atoms with Crippen LogP contribution in [0, 0.1) is 0 Å². The zero-order valence-corrected chi connectivity index (χ0v) is 19.3. The summed E-state index contributed by atoms with van der Waals surface area (Å²) in [5.41, 5.74) is 1.56. The first kappa shape index (κ1) is 22.0. The van der Waals surface area contributed by atoms with Gasteiger partial charge in [-0.05, 0) is 36.4 Å². The molecular weight excluding hydrogens is 466 g/mol. The van der Waals surface area contributed by atoms with E-state index in [2.05, 4.69) is 15.5 Å². The number of aromatic nitrogens is 3. The van der Waals surface area contributed by atoms with E-state index < -0.39 is 0 Å². The number of amides is 1. The molecule has 0 bridgehead atoms. The van der Waals surface area contributed by atoms with Crippen LogP contribution in [0.1, 0.15) is 5.82 Å². The van der Waals surface area contributed by atoms with Crippen LogP contribution in [-0.4, -0.2) is 59.5 Å². The lowest BCUT2D eigenvalue weighted by atomic mass is 10.3. The van der Waals surface area contributed by atoms with Crippen LogP contribution in [0.15, 0.2) is 47.6 Å². The molecule has 1 fully saturated rings.